The smallest absolute Gasteiger partial charge is 0.276 e. The number of oxime groups is 1. The minimum atomic E-state index is -3.64. The Morgan fingerprint density at radius 1 is 1.11 bits per heavy atom. The minimum absolute atomic E-state index is 0.0670. The Morgan fingerprint density at radius 2 is 1.78 bits per heavy atom. The quantitative estimate of drug-likeness (QED) is 0.255. The Bertz CT molecular complexity index is 1410. The van der Waals surface area contributed by atoms with Crippen molar-refractivity contribution in [1.29, 1.82) is 0 Å². The molecule has 8 nitrogen and oxygen atoms in total. The van der Waals surface area contributed by atoms with Gasteiger partial charge in [0.25, 0.3) is 15.8 Å². The van der Waals surface area contributed by atoms with Crippen molar-refractivity contribution in [3.8, 4) is 0 Å². The van der Waals surface area contributed by atoms with Crippen LogP contribution in [0.2, 0.25) is 0 Å². The molecule has 0 saturated carbocycles. The van der Waals surface area contributed by atoms with Crippen molar-refractivity contribution in [2.45, 2.75) is 44.9 Å². The van der Waals surface area contributed by atoms with E-state index in [9.17, 15) is 18.4 Å². The maximum atomic E-state index is 11.8. The van der Waals surface area contributed by atoms with Gasteiger partial charge in [0, 0.05) is 42.8 Å². The molecule has 0 unspecified atom stereocenters. The molecule has 190 valence electrons. The summed E-state index contributed by atoms with van der Waals surface area (Å²) in [6.07, 6.45) is 3.48. The maximum absolute atomic E-state index is 11.8. The van der Waals surface area contributed by atoms with Crippen LogP contribution in [0, 0.1) is 13.8 Å². The Hall–Kier alpha value is -3.27. The lowest BCUT2D eigenvalue weighted by molar-refractivity contribution is 0.317. The van der Waals surface area contributed by atoms with E-state index in [1.165, 1.54) is 9.87 Å². The van der Waals surface area contributed by atoms with Gasteiger partial charge in [-0.25, -0.2) is 5.14 Å². The average molecular weight is 509 g/mol. The van der Waals surface area contributed by atoms with E-state index < -0.39 is 10.2 Å². The van der Waals surface area contributed by atoms with Gasteiger partial charge in [0.15, 0.2) is 0 Å². The second kappa shape index (κ2) is 10.8. The highest BCUT2D eigenvalue weighted by Gasteiger charge is 2.27. The molecular weight excluding hydrogens is 476 g/mol. The molecule has 0 spiro atoms. The van der Waals surface area contributed by atoms with E-state index in [2.05, 4.69) is 53.5 Å². The van der Waals surface area contributed by atoms with E-state index in [0.717, 1.165) is 29.5 Å². The van der Waals surface area contributed by atoms with Crippen LogP contribution in [0.25, 0.3) is 0 Å². The number of aromatic nitrogens is 1. The van der Waals surface area contributed by atoms with E-state index >= 15 is 0 Å². The number of nitrogens with zero attached hydrogens (tertiary/aromatic N) is 2. The van der Waals surface area contributed by atoms with Gasteiger partial charge in [-0.1, -0.05) is 53.7 Å². The molecule has 4 rings (SSSR count). The van der Waals surface area contributed by atoms with Crippen LogP contribution in [0.1, 0.15) is 64.5 Å². The highest BCUT2D eigenvalue weighted by Crippen LogP contribution is 2.34. The van der Waals surface area contributed by atoms with Crippen molar-refractivity contribution in [2.75, 3.05) is 13.1 Å². The summed E-state index contributed by atoms with van der Waals surface area (Å²) in [5.41, 5.74) is 6.07. The van der Waals surface area contributed by atoms with Gasteiger partial charge >= 0.3 is 0 Å². The molecule has 36 heavy (non-hydrogen) atoms. The first-order chi connectivity index (χ1) is 17.2. The number of nitrogens with two attached hydrogens (primary N) is 1. The Labute approximate surface area is 211 Å². The summed E-state index contributed by atoms with van der Waals surface area (Å²) in [6, 6.07) is 18.3. The predicted octanol–water partition coefficient (Wildman–Crippen LogP) is 3.78. The van der Waals surface area contributed by atoms with Crippen molar-refractivity contribution in [1.82, 2.24) is 9.29 Å². The molecule has 1 aliphatic heterocycles. The zero-order valence-corrected chi connectivity index (χ0v) is 21.3. The lowest BCUT2D eigenvalue weighted by Crippen LogP contribution is -2.41. The van der Waals surface area contributed by atoms with E-state index in [0.29, 0.717) is 36.3 Å². The summed E-state index contributed by atoms with van der Waals surface area (Å²) in [5.74, 6) is 0.204. The first-order valence-electron chi connectivity index (χ1n) is 12.0. The maximum Gasteiger partial charge on any atom is 0.276 e. The Morgan fingerprint density at radius 3 is 2.36 bits per heavy atom. The third kappa shape index (κ3) is 5.75. The van der Waals surface area contributed by atoms with Crippen molar-refractivity contribution in [2.24, 2.45) is 10.3 Å². The third-order valence-electron chi connectivity index (χ3n) is 7.13. The number of aromatic amines is 1. The van der Waals surface area contributed by atoms with Crippen LogP contribution in [0.3, 0.4) is 0 Å². The van der Waals surface area contributed by atoms with E-state index in [1.807, 2.05) is 12.1 Å². The fraction of sp³-hybridized carbons (Fsp3) is 0.333. The van der Waals surface area contributed by atoms with E-state index in [1.54, 1.807) is 19.2 Å². The second-order valence-corrected chi connectivity index (χ2v) is 11.0. The summed E-state index contributed by atoms with van der Waals surface area (Å²) in [6.45, 7) is 4.64. The van der Waals surface area contributed by atoms with Gasteiger partial charge in [-0.3, -0.25) is 4.79 Å². The summed E-state index contributed by atoms with van der Waals surface area (Å²) >= 11 is 0. The topological polar surface area (TPSA) is 129 Å². The number of pyridine rings is 1. The molecule has 1 aliphatic rings. The molecule has 0 radical (unpaired) electrons. The van der Waals surface area contributed by atoms with Crippen LogP contribution in [-0.2, 0) is 10.2 Å². The number of hydrogen-bond donors (Lipinski definition) is 3. The van der Waals surface area contributed by atoms with Crippen LogP contribution in [-0.4, -0.2) is 41.7 Å². The standard InChI is InChI=1S/C27H32N4O4S/c1-18-5-3-4-6-24(18)25(16-26(30-33)23-15-19(2)27(32)29-17-23)22-9-7-20(8-10-22)21-11-13-31(14-12-21)36(28,34)35/h3-10,15,17,21,25,33H,11-14,16H2,1-2H3,(H,29,32)(H2,28,34,35)/b30-26+/t25-/m1/s1. The SMILES string of the molecule is Cc1ccccc1[C@H](C/C(=N\O)c1c[nH]c(=O)c(C)c1)c1ccc(C2CCN(S(N)(=O)=O)CC2)cc1. The fourth-order valence-electron chi connectivity index (χ4n) is 5.00. The molecular formula is C27H32N4O4S. The zero-order chi connectivity index (χ0) is 25.9. The lowest BCUT2D eigenvalue weighted by atomic mass is 9.82. The van der Waals surface area contributed by atoms with Gasteiger partial charge in [0.2, 0.25) is 0 Å². The second-order valence-electron chi connectivity index (χ2n) is 9.45. The highest BCUT2D eigenvalue weighted by atomic mass is 32.2. The van der Waals surface area contributed by atoms with Crippen LogP contribution >= 0.6 is 0 Å². The molecule has 1 aromatic heterocycles. The lowest BCUT2D eigenvalue weighted by Gasteiger charge is -2.30. The summed E-state index contributed by atoms with van der Waals surface area (Å²) in [7, 11) is -3.64. The predicted molar refractivity (Wildman–Crippen MR) is 141 cm³/mol. The monoisotopic (exact) mass is 508 g/mol. The number of benzene rings is 2. The van der Waals surface area contributed by atoms with Crippen LogP contribution in [0.5, 0.6) is 0 Å². The van der Waals surface area contributed by atoms with E-state index in [-0.39, 0.29) is 17.4 Å². The summed E-state index contributed by atoms with van der Waals surface area (Å²) in [4.78, 5) is 14.5. The van der Waals surface area contributed by atoms with Crippen molar-refractivity contribution < 1.29 is 13.6 Å². The molecule has 9 heteroatoms. The third-order valence-corrected chi connectivity index (χ3v) is 8.21. The summed E-state index contributed by atoms with van der Waals surface area (Å²) in [5, 5.41) is 18.8. The molecule has 0 bridgehead atoms. The van der Waals surface area contributed by atoms with E-state index in [4.69, 9.17) is 5.14 Å². The van der Waals surface area contributed by atoms with Gasteiger partial charge in [0.1, 0.15) is 0 Å². The van der Waals surface area contributed by atoms with Crippen molar-refractivity contribution in [3.05, 3.63) is 105 Å². The molecule has 1 saturated heterocycles. The molecule has 4 N–H and O–H groups in total. The molecule has 2 heterocycles. The number of rotatable bonds is 7. The van der Waals surface area contributed by atoms with Crippen LogP contribution < -0.4 is 10.7 Å². The van der Waals surface area contributed by atoms with Gasteiger partial charge in [-0.05, 0) is 60.9 Å². The van der Waals surface area contributed by atoms with Gasteiger partial charge in [-0.2, -0.15) is 12.7 Å². The normalized spacial score (nSPS) is 16.7. The molecule has 1 atom stereocenters. The van der Waals surface area contributed by atoms with Crippen LogP contribution in [0.15, 0.2) is 70.7 Å². The summed E-state index contributed by atoms with van der Waals surface area (Å²) < 4.78 is 24.6. The number of H-pyrrole nitrogens is 1. The molecule has 0 aliphatic carbocycles. The van der Waals surface area contributed by atoms with Gasteiger partial charge < -0.3 is 10.2 Å². The first kappa shape index (κ1) is 25.8. The van der Waals surface area contributed by atoms with Crippen molar-refractivity contribution in [3.63, 3.8) is 0 Å². The highest BCUT2D eigenvalue weighted by molar-refractivity contribution is 7.86. The number of nitrogens with one attached hydrogen (secondary N) is 1. The zero-order valence-electron chi connectivity index (χ0n) is 20.5. The molecule has 2 aromatic carbocycles. The minimum Gasteiger partial charge on any atom is -0.411 e. The Kier molecular flexibility index (Phi) is 7.73. The largest absolute Gasteiger partial charge is 0.411 e. The number of hydrogen-bond acceptors (Lipinski definition) is 5. The number of piperidine rings is 1. The van der Waals surface area contributed by atoms with Gasteiger partial charge in [0.05, 0.1) is 5.71 Å². The molecule has 3 aromatic rings. The van der Waals surface area contributed by atoms with Crippen LogP contribution in [0.4, 0.5) is 0 Å². The van der Waals surface area contributed by atoms with Crippen molar-refractivity contribution >= 4 is 15.9 Å². The average Bonchev–Trinajstić information content (AvgIpc) is 2.87. The number of aryl methyl sites for hydroxylation is 2. The molecule has 0 amide bonds. The Balaban J connectivity index is 1.62. The molecule has 1 fully saturated rings. The first-order valence-corrected chi connectivity index (χ1v) is 13.5. The van der Waals surface area contributed by atoms with Gasteiger partial charge in [-0.15, -0.1) is 0 Å². The fourth-order valence-corrected chi connectivity index (χ4v) is 5.72.